The van der Waals surface area contributed by atoms with Crippen LogP contribution in [0.2, 0.25) is 0 Å². The van der Waals surface area contributed by atoms with Crippen molar-refractivity contribution < 1.29 is 9.47 Å². The molecule has 0 aliphatic carbocycles. The topological polar surface area (TPSA) is 18.5 Å². The van der Waals surface area contributed by atoms with Gasteiger partial charge < -0.3 is 9.47 Å². The van der Waals surface area contributed by atoms with Crippen molar-refractivity contribution in [2.75, 3.05) is 13.7 Å². The molecule has 2 nitrogen and oxygen atoms in total. The Labute approximate surface area is 56.5 Å². The molecule has 0 aliphatic heterocycles. The summed E-state index contributed by atoms with van der Waals surface area (Å²) < 4.78 is 9.87. The largest absolute Gasteiger partial charge is 0.502 e. The van der Waals surface area contributed by atoms with Crippen LogP contribution in [0, 0.1) is 0 Å². The van der Waals surface area contributed by atoms with Gasteiger partial charge in [-0.25, -0.2) is 0 Å². The smallest absolute Gasteiger partial charge is 0.0897 e. The molecule has 0 spiro atoms. The summed E-state index contributed by atoms with van der Waals surface area (Å²) in [6, 6.07) is 0. The van der Waals surface area contributed by atoms with Crippen LogP contribution in [0.1, 0.15) is 13.3 Å². The molecule has 0 amide bonds. The van der Waals surface area contributed by atoms with Crippen molar-refractivity contribution in [1.82, 2.24) is 0 Å². The predicted molar refractivity (Wildman–Crippen MR) is 37.2 cm³/mol. The second-order valence-electron chi connectivity index (χ2n) is 1.87. The van der Waals surface area contributed by atoms with Crippen LogP contribution in [0.4, 0.5) is 0 Å². The van der Waals surface area contributed by atoms with E-state index in [1.54, 1.807) is 7.11 Å². The number of hydrogen-bond donors (Lipinski definition) is 0. The number of hydrogen-bond acceptors (Lipinski definition) is 2. The Morgan fingerprint density at radius 2 is 2.33 bits per heavy atom. The first kappa shape index (κ1) is 8.50. The zero-order valence-corrected chi connectivity index (χ0v) is 6.09. The van der Waals surface area contributed by atoms with Gasteiger partial charge in [0.2, 0.25) is 0 Å². The van der Waals surface area contributed by atoms with Crippen LogP contribution in [0.15, 0.2) is 12.8 Å². The lowest BCUT2D eigenvalue weighted by molar-refractivity contribution is 0.0877. The molecule has 0 radical (unpaired) electrons. The minimum Gasteiger partial charge on any atom is -0.502 e. The van der Waals surface area contributed by atoms with Crippen molar-refractivity contribution >= 4 is 0 Å². The van der Waals surface area contributed by atoms with E-state index >= 15 is 0 Å². The summed E-state index contributed by atoms with van der Waals surface area (Å²) in [6.45, 7) is 6.12. The Kier molecular flexibility index (Phi) is 5.32. The molecular weight excluding hydrogens is 116 g/mol. The average molecular weight is 130 g/mol. The van der Waals surface area contributed by atoms with Crippen LogP contribution in [-0.4, -0.2) is 19.8 Å². The van der Waals surface area contributed by atoms with Gasteiger partial charge in [-0.3, -0.25) is 0 Å². The summed E-state index contributed by atoms with van der Waals surface area (Å²) >= 11 is 0. The van der Waals surface area contributed by atoms with E-state index in [9.17, 15) is 0 Å². The molecule has 0 N–H and O–H groups in total. The molecule has 54 valence electrons. The molecule has 1 atom stereocenters. The van der Waals surface area contributed by atoms with Gasteiger partial charge >= 0.3 is 0 Å². The normalized spacial score (nSPS) is 12.7. The third-order valence-electron chi connectivity index (χ3n) is 1.16. The summed E-state index contributed by atoms with van der Waals surface area (Å²) in [6.07, 6.45) is 2.65. The van der Waals surface area contributed by atoms with Gasteiger partial charge in [0.15, 0.2) is 0 Å². The second-order valence-corrected chi connectivity index (χ2v) is 1.87. The highest BCUT2D eigenvalue weighted by Crippen LogP contribution is 1.94. The summed E-state index contributed by atoms with van der Waals surface area (Å²) in [5.41, 5.74) is 0. The van der Waals surface area contributed by atoms with Crippen molar-refractivity contribution in [3.8, 4) is 0 Å². The van der Waals surface area contributed by atoms with Crippen LogP contribution in [-0.2, 0) is 9.47 Å². The predicted octanol–water partition coefficient (Wildman–Crippen LogP) is 1.57. The molecule has 0 heterocycles. The van der Waals surface area contributed by atoms with Gasteiger partial charge in [-0.15, -0.1) is 0 Å². The molecule has 0 saturated carbocycles. The van der Waals surface area contributed by atoms with Gasteiger partial charge in [-0.05, 0) is 6.92 Å². The van der Waals surface area contributed by atoms with Crippen LogP contribution in [0.25, 0.3) is 0 Å². The fraction of sp³-hybridized carbons (Fsp3) is 0.714. The summed E-state index contributed by atoms with van der Waals surface area (Å²) in [5.74, 6) is 0. The van der Waals surface area contributed by atoms with E-state index in [-0.39, 0.29) is 6.10 Å². The Balaban J connectivity index is 2.96. The summed E-state index contributed by atoms with van der Waals surface area (Å²) in [4.78, 5) is 0. The maximum Gasteiger partial charge on any atom is 0.0897 e. The third-order valence-corrected chi connectivity index (χ3v) is 1.16. The van der Waals surface area contributed by atoms with Crippen molar-refractivity contribution in [2.45, 2.75) is 19.4 Å². The highest BCUT2D eigenvalue weighted by molar-refractivity contribution is 4.52. The van der Waals surface area contributed by atoms with Crippen molar-refractivity contribution in [2.24, 2.45) is 0 Å². The summed E-state index contributed by atoms with van der Waals surface area (Å²) in [5, 5.41) is 0. The van der Waals surface area contributed by atoms with Gasteiger partial charge in [0, 0.05) is 13.5 Å². The Morgan fingerprint density at radius 3 is 2.78 bits per heavy atom. The van der Waals surface area contributed by atoms with Crippen LogP contribution >= 0.6 is 0 Å². The lowest BCUT2D eigenvalue weighted by atomic mass is 10.3. The van der Waals surface area contributed by atoms with E-state index in [1.807, 2.05) is 6.92 Å². The zero-order chi connectivity index (χ0) is 7.11. The molecule has 0 bridgehead atoms. The monoisotopic (exact) mass is 130 g/mol. The van der Waals surface area contributed by atoms with Crippen molar-refractivity contribution in [3.63, 3.8) is 0 Å². The van der Waals surface area contributed by atoms with E-state index in [0.29, 0.717) is 6.61 Å². The molecule has 0 fully saturated rings. The highest BCUT2D eigenvalue weighted by atomic mass is 16.5. The molecule has 0 aromatic heterocycles. The van der Waals surface area contributed by atoms with Crippen molar-refractivity contribution in [3.05, 3.63) is 12.8 Å². The molecule has 2 heteroatoms. The van der Waals surface area contributed by atoms with Gasteiger partial charge in [0.25, 0.3) is 0 Å². The molecule has 9 heavy (non-hydrogen) atoms. The molecule has 0 aliphatic rings. The SMILES string of the molecule is C=COCCC(C)OC. The number of ether oxygens (including phenoxy) is 2. The van der Waals surface area contributed by atoms with E-state index in [2.05, 4.69) is 6.58 Å². The fourth-order valence-corrected chi connectivity index (χ4v) is 0.435. The Morgan fingerprint density at radius 1 is 1.67 bits per heavy atom. The van der Waals surface area contributed by atoms with Crippen LogP contribution in [0.3, 0.4) is 0 Å². The fourth-order valence-electron chi connectivity index (χ4n) is 0.435. The molecule has 0 rings (SSSR count). The standard InChI is InChI=1S/C7H14O2/c1-4-9-6-5-7(2)8-3/h4,7H,1,5-6H2,2-3H3. The minimum absolute atomic E-state index is 0.282. The van der Waals surface area contributed by atoms with Gasteiger partial charge in [-0.2, -0.15) is 0 Å². The summed E-state index contributed by atoms with van der Waals surface area (Å²) in [7, 11) is 1.69. The molecular formula is C7H14O2. The highest BCUT2D eigenvalue weighted by Gasteiger charge is 1.96. The third kappa shape index (κ3) is 5.37. The first-order valence-electron chi connectivity index (χ1n) is 3.06. The van der Waals surface area contributed by atoms with Crippen molar-refractivity contribution in [1.29, 1.82) is 0 Å². The van der Waals surface area contributed by atoms with Gasteiger partial charge in [0.05, 0.1) is 19.0 Å². The first-order chi connectivity index (χ1) is 4.31. The maximum absolute atomic E-state index is 4.98. The van der Waals surface area contributed by atoms with Gasteiger partial charge in [0.1, 0.15) is 0 Å². The van der Waals surface area contributed by atoms with E-state index in [4.69, 9.17) is 9.47 Å². The lowest BCUT2D eigenvalue weighted by Crippen LogP contribution is -2.07. The van der Waals surface area contributed by atoms with Gasteiger partial charge in [-0.1, -0.05) is 6.58 Å². The first-order valence-corrected chi connectivity index (χ1v) is 3.06. The second kappa shape index (κ2) is 5.63. The number of rotatable bonds is 5. The van der Waals surface area contributed by atoms with E-state index < -0.39 is 0 Å². The number of methoxy groups -OCH3 is 1. The molecule has 0 saturated heterocycles. The quantitative estimate of drug-likeness (QED) is 0.415. The van der Waals surface area contributed by atoms with Crippen LogP contribution < -0.4 is 0 Å². The van der Waals surface area contributed by atoms with E-state index in [1.165, 1.54) is 6.26 Å². The minimum atomic E-state index is 0.282. The maximum atomic E-state index is 4.98. The van der Waals surface area contributed by atoms with E-state index in [0.717, 1.165) is 6.42 Å². The Bertz CT molecular complexity index is 71.3. The lowest BCUT2D eigenvalue weighted by Gasteiger charge is -2.07. The molecule has 0 aromatic rings. The molecule has 0 aromatic carbocycles. The Hall–Kier alpha value is -0.500. The van der Waals surface area contributed by atoms with Crippen LogP contribution in [0.5, 0.6) is 0 Å². The zero-order valence-electron chi connectivity index (χ0n) is 6.09. The molecule has 1 unspecified atom stereocenters. The average Bonchev–Trinajstić information content (AvgIpc) is 1.89.